The summed E-state index contributed by atoms with van der Waals surface area (Å²) in [5.74, 6) is 0.721. The van der Waals surface area contributed by atoms with E-state index >= 15 is 0 Å². The van der Waals surface area contributed by atoms with Gasteiger partial charge in [-0.25, -0.2) is 9.59 Å². The van der Waals surface area contributed by atoms with Gasteiger partial charge in [0.05, 0.1) is 18.1 Å². The zero-order chi connectivity index (χ0) is 21.6. The van der Waals surface area contributed by atoms with Gasteiger partial charge in [0.15, 0.2) is 0 Å². The third kappa shape index (κ3) is 4.91. The second kappa shape index (κ2) is 9.42. The molecule has 8 nitrogen and oxygen atoms in total. The first-order valence-electron chi connectivity index (χ1n) is 10.4. The highest BCUT2D eigenvalue weighted by molar-refractivity contribution is 5.92. The van der Waals surface area contributed by atoms with Gasteiger partial charge in [-0.1, -0.05) is 35.5 Å². The molecule has 0 spiro atoms. The van der Waals surface area contributed by atoms with Crippen molar-refractivity contribution in [2.45, 2.75) is 25.7 Å². The van der Waals surface area contributed by atoms with Gasteiger partial charge in [0.1, 0.15) is 0 Å². The van der Waals surface area contributed by atoms with Gasteiger partial charge in [0, 0.05) is 24.3 Å². The van der Waals surface area contributed by atoms with Gasteiger partial charge >= 0.3 is 12.0 Å². The molecule has 31 heavy (non-hydrogen) atoms. The number of rotatable bonds is 5. The van der Waals surface area contributed by atoms with Crippen molar-refractivity contribution in [3.63, 3.8) is 0 Å². The van der Waals surface area contributed by atoms with Gasteiger partial charge in [-0.15, -0.1) is 0 Å². The lowest BCUT2D eigenvalue weighted by Crippen LogP contribution is -2.41. The standard InChI is InChI=1S/C23H24N4O4/c1-2-30-22(28)17-10-12-19(13-11-17)24-23(29)27-14-6-9-18(15-27)21-25-20(26-31-21)16-7-4-3-5-8-16/h3-5,7-8,10-13,18H,2,6,9,14-15H2,1H3,(H,24,29). The van der Waals surface area contributed by atoms with Crippen LogP contribution < -0.4 is 5.32 Å². The highest BCUT2D eigenvalue weighted by Crippen LogP contribution is 2.28. The van der Waals surface area contributed by atoms with Crippen LogP contribution in [0.15, 0.2) is 59.1 Å². The fourth-order valence-electron chi connectivity index (χ4n) is 3.58. The van der Waals surface area contributed by atoms with E-state index in [9.17, 15) is 9.59 Å². The molecule has 8 heteroatoms. The van der Waals surface area contributed by atoms with Crippen molar-refractivity contribution in [1.82, 2.24) is 15.0 Å². The number of benzene rings is 2. The zero-order valence-electron chi connectivity index (χ0n) is 17.3. The van der Waals surface area contributed by atoms with Crippen LogP contribution in [0.4, 0.5) is 10.5 Å². The molecule has 1 aromatic heterocycles. The molecule has 3 aromatic rings. The first-order valence-corrected chi connectivity index (χ1v) is 10.4. The average Bonchev–Trinajstić information content (AvgIpc) is 3.31. The molecule has 2 aromatic carbocycles. The molecular formula is C23H24N4O4. The maximum absolute atomic E-state index is 12.7. The maximum Gasteiger partial charge on any atom is 0.338 e. The van der Waals surface area contributed by atoms with Gasteiger partial charge < -0.3 is 19.5 Å². The normalized spacial score (nSPS) is 16.0. The molecule has 1 saturated heterocycles. The fraction of sp³-hybridized carbons (Fsp3) is 0.304. The first kappa shape index (κ1) is 20.6. The summed E-state index contributed by atoms with van der Waals surface area (Å²) in [7, 11) is 0. The quantitative estimate of drug-likeness (QED) is 0.617. The lowest BCUT2D eigenvalue weighted by atomic mass is 9.98. The number of hydrogen-bond acceptors (Lipinski definition) is 6. The van der Waals surface area contributed by atoms with Crippen LogP contribution in [0.1, 0.15) is 41.9 Å². The Morgan fingerprint density at radius 1 is 1.16 bits per heavy atom. The SMILES string of the molecule is CCOC(=O)c1ccc(NC(=O)N2CCCC(c3nc(-c4ccccc4)no3)C2)cc1. The van der Waals surface area contributed by atoms with Crippen molar-refractivity contribution in [3.8, 4) is 11.4 Å². The van der Waals surface area contributed by atoms with Crippen molar-refractivity contribution >= 4 is 17.7 Å². The molecule has 160 valence electrons. The number of aromatic nitrogens is 2. The minimum Gasteiger partial charge on any atom is -0.462 e. The third-order valence-electron chi connectivity index (χ3n) is 5.18. The topological polar surface area (TPSA) is 97.6 Å². The summed E-state index contributed by atoms with van der Waals surface area (Å²) < 4.78 is 10.5. The fourth-order valence-corrected chi connectivity index (χ4v) is 3.58. The summed E-state index contributed by atoms with van der Waals surface area (Å²) in [5, 5.41) is 6.97. The molecule has 1 aliphatic rings. The number of esters is 1. The van der Waals surface area contributed by atoms with Gasteiger partial charge in [-0.2, -0.15) is 4.98 Å². The van der Waals surface area contributed by atoms with Crippen LogP contribution in [-0.4, -0.2) is 46.7 Å². The molecule has 1 fully saturated rings. The Bertz CT molecular complexity index is 1030. The minimum atomic E-state index is -0.381. The molecule has 1 unspecified atom stereocenters. The van der Waals surface area contributed by atoms with Gasteiger partial charge in [0.25, 0.3) is 0 Å². The molecule has 4 rings (SSSR count). The van der Waals surface area contributed by atoms with Gasteiger partial charge in [-0.3, -0.25) is 0 Å². The van der Waals surface area contributed by atoms with E-state index in [0.717, 1.165) is 18.4 Å². The zero-order valence-corrected chi connectivity index (χ0v) is 17.3. The Hall–Kier alpha value is -3.68. The summed E-state index contributed by atoms with van der Waals surface area (Å²) in [6.07, 6.45) is 1.73. The molecule has 1 N–H and O–H groups in total. The molecule has 0 aliphatic carbocycles. The monoisotopic (exact) mass is 420 g/mol. The lowest BCUT2D eigenvalue weighted by molar-refractivity contribution is 0.0526. The highest BCUT2D eigenvalue weighted by atomic mass is 16.5. The van der Waals surface area contributed by atoms with Crippen LogP contribution in [0, 0.1) is 0 Å². The average molecular weight is 420 g/mol. The summed E-state index contributed by atoms with van der Waals surface area (Å²) in [5.41, 5.74) is 1.96. The summed E-state index contributed by atoms with van der Waals surface area (Å²) in [6.45, 7) is 3.24. The van der Waals surface area contributed by atoms with E-state index in [1.165, 1.54) is 0 Å². The van der Waals surface area contributed by atoms with E-state index in [1.54, 1.807) is 36.1 Å². The van der Waals surface area contributed by atoms with Crippen molar-refractivity contribution in [2.24, 2.45) is 0 Å². The Labute approximate surface area is 180 Å². The second-order valence-electron chi connectivity index (χ2n) is 7.34. The molecular weight excluding hydrogens is 396 g/mol. The molecule has 1 atom stereocenters. The third-order valence-corrected chi connectivity index (χ3v) is 5.18. The maximum atomic E-state index is 12.7. The van der Waals surface area contributed by atoms with E-state index < -0.39 is 0 Å². The molecule has 2 amide bonds. The van der Waals surface area contributed by atoms with Crippen LogP contribution in [0.25, 0.3) is 11.4 Å². The summed E-state index contributed by atoms with van der Waals surface area (Å²) >= 11 is 0. The Balaban J connectivity index is 1.38. The summed E-state index contributed by atoms with van der Waals surface area (Å²) in [6, 6.07) is 16.1. The number of piperidine rings is 1. The lowest BCUT2D eigenvalue weighted by Gasteiger charge is -2.31. The van der Waals surface area contributed by atoms with Crippen molar-refractivity contribution in [1.29, 1.82) is 0 Å². The number of amides is 2. The van der Waals surface area contributed by atoms with Crippen LogP contribution in [-0.2, 0) is 4.74 Å². The smallest absolute Gasteiger partial charge is 0.338 e. The largest absolute Gasteiger partial charge is 0.462 e. The number of urea groups is 1. The van der Waals surface area contributed by atoms with E-state index in [1.807, 2.05) is 30.3 Å². The Morgan fingerprint density at radius 3 is 2.68 bits per heavy atom. The minimum absolute atomic E-state index is 0.00403. The van der Waals surface area contributed by atoms with Crippen molar-refractivity contribution < 1.29 is 18.8 Å². The van der Waals surface area contributed by atoms with Crippen LogP contribution in [0.2, 0.25) is 0 Å². The van der Waals surface area contributed by atoms with Crippen molar-refractivity contribution in [3.05, 3.63) is 66.1 Å². The number of nitrogens with zero attached hydrogens (tertiary/aromatic N) is 3. The number of carbonyl (C=O) groups excluding carboxylic acids is 2. The molecule has 0 saturated carbocycles. The van der Waals surface area contributed by atoms with Crippen molar-refractivity contribution in [2.75, 3.05) is 25.0 Å². The van der Waals surface area contributed by atoms with Crippen LogP contribution in [0.5, 0.6) is 0 Å². The Kier molecular flexibility index (Phi) is 6.26. The van der Waals surface area contributed by atoms with Crippen LogP contribution in [0.3, 0.4) is 0 Å². The van der Waals surface area contributed by atoms with E-state index in [-0.39, 0.29) is 17.9 Å². The predicted octanol–water partition coefficient (Wildman–Crippen LogP) is 4.32. The number of ether oxygens (including phenoxy) is 1. The Morgan fingerprint density at radius 2 is 1.94 bits per heavy atom. The molecule has 1 aliphatic heterocycles. The van der Waals surface area contributed by atoms with Crippen LogP contribution >= 0.6 is 0 Å². The van der Waals surface area contributed by atoms with Gasteiger partial charge in [-0.05, 0) is 44.0 Å². The molecule has 2 heterocycles. The van der Waals surface area contributed by atoms with E-state index in [4.69, 9.17) is 9.26 Å². The molecule has 0 bridgehead atoms. The van der Waals surface area contributed by atoms with E-state index in [2.05, 4.69) is 15.5 Å². The highest BCUT2D eigenvalue weighted by Gasteiger charge is 2.29. The number of likely N-dealkylation sites (tertiary alicyclic amines) is 1. The number of anilines is 1. The second-order valence-corrected chi connectivity index (χ2v) is 7.34. The summed E-state index contributed by atoms with van der Waals surface area (Å²) in [4.78, 5) is 30.8. The number of nitrogens with one attached hydrogen (secondary N) is 1. The first-order chi connectivity index (χ1) is 15.1. The number of hydrogen-bond donors (Lipinski definition) is 1. The van der Waals surface area contributed by atoms with E-state index in [0.29, 0.717) is 42.7 Å². The molecule has 0 radical (unpaired) electrons. The predicted molar refractivity (Wildman–Crippen MR) is 115 cm³/mol. The number of carbonyl (C=O) groups is 2. The van der Waals surface area contributed by atoms with Gasteiger partial charge in [0.2, 0.25) is 11.7 Å².